The van der Waals surface area contributed by atoms with Crippen molar-refractivity contribution in [3.8, 4) is 0 Å². The molecule has 0 radical (unpaired) electrons. The average Bonchev–Trinajstić information content (AvgIpc) is 2.30. The second-order valence-corrected chi connectivity index (χ2v) is 3.47. The number of benzene rings is 1. The third kappa shape index (κ3) is 2.70. The fourth-order valence-corrected chi connectivity index (χ4v) is 1.29. The minimum Gasteiger partial charge on any atom is -0.453 e. The summed E-state index contributed by atoms with van der Waals surface area (Å²) >= 11 is 0. The van der Waals surface area contributed by atoms with E-state index in [1.807, 2.05) is 30.3 Å². The number of ether oxygens (including phenoxy) is 1. The number of aliphatic hydroxyl groups excluding tert-OH is 1. The van der Waals surface area contributed by atoms with Crippen LogP contribution in [0.25, 0.3) is 0 Å². The molecule has 82 valence electrons. The molecule has 0 saturated carbocycles. The van der Waals surface area contributed by atoms with Crippen LogP contribution in [0.1, 0.15) is 12.5 Å². The molecule has 1 aromatic rings. The molecule has 0 heterocycles. The summed E-state index contributed by atoms with van der Waals surface area (Å²) in [6, 6.07) is 9.25. The summed E-state index contributed by atoms with van der Waals surface area (Å²) in [5, 5.41) is 11.9. The average molecular weight is 209 g/mol. The van der Waals surface area contributed by atoms with Crippen molar-refractivity contribution in [3.05, 3.63) is 35.9 Å². The quantitative estimate of drug-likeness (QED) is 0.787. The Morgan fingerprint density at radius 1 is 1.47 bits per heavy atom. The number of nitrogens with one attached hydrogen (secondary N) is 1. The van der Waals surface area contributed by atoms with E-state index >= 15 is 0 Å². The van der Waals surface area contributed by atoms with E-state index in [1.165, 1.54) is 7.11 Å². The first kappa shape index (κ1) is 11.5. The van der Waals surface area contributed by atoms with Gasteiger partial charge in [0.2, 0.25) is 0 Å². The Bertz CT molecular complexity index is 326. The summed E-state index contributed by atoms with van der Waals surface area (Å²) in [5.74, 6) is 0. The molecule has 2 N–H and O–H groups in total. The normalized spacial score (nSPS) is 14.1. The van der Waals surface area contributed by atoms with Gasteiger partial charge in [-0.2, -0.15) is 0 Å². The predicted molar refractivity (Wildman–Crippen MR) is 56.4 cm³/mol. The Balaban J connectivity index is 2.90. The summed E-state index contributed by atoms with van der Waals surface area (Å²) in [6.07, 6.45) is -0.560. The van der Waals surface area contributed by atoms with Crippen LogP contribution >= 0.6 is 0 Å². The molecule has 0 bridgehead atoms. The molecule has 0 aliphatic heterocycles. The van der Waals surface area contributed by atoms with Gasteiger partial charge in [-0.3, -0.25) is 0 Å². The van der Waals surface area contributed by atoms with E-state index in [2.05, 4.69) is 10.1 Å². The second-order valence-electron chi connectivity index (χ2n) is 3.47. The summed E-state index contributed by atoms with van der Waals surface area (Å²) in [7, 11) is 1.29. The lowest BCUT2D eigenvalue weighted by Gasteiger charge is -2.28. The maximum absolute atomic E-state index is 11.1. The van der Waals surface area contributed by atoms with Crippen LogP contribution in [-0.2, 0) is 10.3 Å². The third-order valence-corrected chi connectivity index (χ3v) is 2.29. The highest BCUT2D eigenvalue weighted by molar-refractivity contribution is 5.68. The van der Waals surface area contributed by atoms with Crippen LogP contribution in [0.5, 0.6) is 0 Å². The summed E-state index contributed by atoms with van der Waals surface area (Å²) in [6.45, 7) is 1.55. The van der Waals surface area contributed by atoms with Crippen LogP contribution in [0.3, 0.4) is 0 Å². The molecular formula is C11H15NO3. The monoisotopic (exact) mass is 209 g/mol. The van der Waals surface area contributed by atoms with E-state index < -0.39 is 11.6 Å². The standard InChI is InChI=1S/C11H15NO3/c1-11(8-13,12-10(14)15-2)9-6-4-3-5-7-9/h3-7,13H,8H2,1-2H3,(H,12,14). The maximum Gasteiger partial charge on any atom is 0.407 e. The molecule has 1 rings (SSSR count). The Morgan fingerprint density at radius 2 is 2.07 bits per heavy atom. The van der Waals surface area contributed by atoms with Gasteiger partial charge in [0.25, 0.3) is 0 Å². The number of methoxy groups -OCH3 is 1. The van der Waals surface area contributed by atoms with Crippen LogP contribution in [0.15, 0.2) is 30.3 Å². The first-order valence-electron chi connectivity index (χ1n) is 4.65. The molecule has 0 aliphatic carbocycles. The number of aliphatic hydroxyl groups is 1. The highest BCUT2D eigenvalue weighted by Gasteiger charge is 2.27. The van der Waals surface area contributed by atoms with Gasteiger partial charge >= 0.3 is 6.09 Å². The number of alkyl carbamates (subject to hydrolysis) is 1. The van der Waals surface area contributed by atoms with Crippen LogP contribution in [0, 0.1) is 0 Å². The predicted octanol–water partition coefficient (Wildman–Crippen LogP) is 1.25. The number of hydrogen-bond donors (Lipinski definition) is 2. The number of carbonyl (C=O) groups is 1. The van der Waals surface area contributed by atoms with Gasteiger partial charge in [-0.25, -0.2) is 4.79 Å². The van der Waals surface area contributed by atoms with Crippen molar-refractivity contribution >= 4 is 6.09 Å². The zero-order valence-corrected chi connectivity index (χ0v) is 8.86. The lowest BCUT2D eigenvalue weighted by molar-refractivity contribution is 0.132. The molecule has 0 aliphatic rings. The second kappa shape index (κ2) is 4.79. The first-order valence-corrected chi connectivity index (χ1v) is 4.65. The Kier molecular flexibility index (Phi) is 3.68. The Labute approximate surface area is 88.9 Å². The fraction of sp³-hybridized carbons (Fsp3) is 0.364. The van der Waals surface area contributed by atoms with Crippen LogP contribution in [-0.4, -0.2) is 24.9 Å². The van der Waals surface area contributed by atoms with E-state index in [9.17, 15) is 9.90 Å². The maximum atomic E-state index is 11.1. The van der Waals surface area contributed by atoms with Crippen molar-refractivity contribution in [1.29, 1.82) is 0 Å². The van der Waals surface area contributed by atoms with Gasteiger partial charge < -0.3 is 15.2 Å². The SMILES string of the molecule is COC(=O)NC(C)(CO)c1ccccc1. The van der Waals surface area contributed by atoms with Crippen LogP contribution < -0.4 is 5.32 Å². The van der Waals surface area contributed by atoms with Gasteiger partial charge in [-0.05, 0) is 12.5 Å². The zero-order chi connectivity index (χ0) is 11.3. The number of rotatable bonds is 3. The van der Waals surface area contributed by atoms with Crippen molar-refractivity contribution in [1.82, 2.24) is 5.32 Å². The largest absolute Gasteiger partial charge is 0.453 e. The van der Waals surface area contributed by atoms with E-state index in [1.54, 1.807) is 6.92 Å². The lowest BCUT2D eigenvalue weighted by atomic mass is 9.93. The molecule has 1 unspecified atom stereocenters. The van der Waals surface area contributed by atoms with Gasteiger partial charge in [-0.1, -0.05) is 30.3 Å². The van der Waals surface area contributed by atoms with E-state index in [4.69, 9.17) is 0 Å². The molecule has 1 aromatic carbocycles. The highest BCUT2D eigenvalue weighted by atomic mass is 16.5. The van der Waals surface area contributed by atoms with Crippen molar-refractivity contribution < 1.29 is 14.6 Å². The molecule has 0 spiro atoms. The summed E-state index contributed by atoms with van der Waals surface area (Å²) < 4.78 is 4.51. The van der Waals surface area contributed by atoms with Crippen molar-refractivity contribution in [2.24, 2.45) is 0 Å². The van der Waals surface area contributed by atoms with E-state index in [0.29, 0.717) is 0 Å². The highest BCUT2D eigenvalue weighted by Crippen LogP contribution is 2.19. The number of amides is 1. The van der Waals surface area contributed by atoms with E-state index in [-0.39, 0.29) is 6.61 Å². The third-order valence-electron chi connectivity index (χ3n) is 2.29. The number of carbonyl (C=O) groups excluding carboxylic acids is 1. The smallest absolute Gasteiger partial charge is 0.407 e. The molecule has 4 heteroatoms. The van der Waals surface area contributed by atoms with Gasteiger partial charge in [0, 0.05) is 0 Å². The Morgan fingerprint density at radius 3 is 2.53 bits per heavy atom. The van der Waals surface area contributed by atoms with Gasteiger partial charge in [0.1, 0.15) is 0 Å². The lowest BCUT2D eigenvalue weighted by Crippen LogP contribution is -2.46. The van der Waals surface area contributed by atoms with E-state index in [0.717, 1.165) is 5.56 Å². The molecular weight excluding hydrogens is 194 g/mol. The molecule has 1 atom stereocenters. The van der Waals surface area contributed by atoms with Gasteiger partial charge in [0.15, 0.2) is 0 Å². The van der Waals surface area contributed by atoms with Crippen molar-refractivity contribution in [2.45, 2.75) is 12.5 Å². The minimum absolute atomic E-state index is 0.188. The molecule has 15 heavy (non-hydrogen) atoms. The first-order chi connectivity index (χ1) is 7.12. The van der Waals surface area contributed by atoms with Crippen molar-refractivity contribution in [2.75, 3.05) is 13.7 Å². The van der Waals surface area contributed by atoms with Gasteiger partial charge in [0.05, 0.1) is 19.3 Å². The summed E-state index contributed by atoms with van der Waals surface area (Å²) in [5.41, 5.74) is 0.0202. The molecule has 0 saturated heterocycles. The zero-order valence-electron chi connectivity index (χ0n) is 8.86. The molecule has 4 nitrogen and oxygen atoms in total. The van der Waals surface area contributed by atoms with Crippen molar-refractivity contribution in [3.63, 3.8) is 0 Å². The molecule has 1 amide bonds. The minimum atomic E-state index is -0.811. The number of hydrogen-bond acceptors (Lipinski definition) is 3. The molecule has 0 fully saturated rings. The molecule has 0 aromatic heterocycles. The topological polar surface area (TPSA) is 58.6 Å². The van der Waals surface area contributed by atoms with Gasteiger partial charge in [-0.15, -0.1) is 0 Å². The van der Waals surface area contributed by atoms with Crippen LogP contribution in [0.4, 0.5) is 4.79 Å². The summed E-state index contributed by atoms with van der Waals surface area (Å²) in [4.78, 5) is 11.1. The van der Waals surface area contributed by atoms with Crippen LogP contribution in [0.2, 0.25) is 0 Å². The fourth-order valence-electron chi connectivity index (χ4n) is 1.29. The Hall–Kier alpha value is -1.55.